The second kappa shape index (κ2) is 6.33. The molecule has 0 bridgehead atoms. The number of halogens is 2. The van der Waals surface area contributed by atoms with Crippen molar-refractivity contribution in [2.24, 2.45) is 0 Å². The van der Waals surface area contributed by atoms with E-state index in [4.69, 9.17) is 0 Å². The van der Waals surface area contributed by atoms with Gasteiger partial charge in [-0.15, -0.1) is 0 Å². The number of carbonyl (C=O) groups is 1. The second-order valence-corrected chi connectivity index (χ2v) is 7.39. The molecule has 1 amide bonds. The summed E-state index contributed by atoms with van der Waals surface area (Å²) in [6, 6.07) is 4.05. The van der Waals surface area contributed by atoms with Gasteiger partial charge in [0.25, 0.3) is 0 Å². The van der Waals surface area contributed by atoms with Crippen molar-refractivity contribution >= 4 is 64.5 Å². The average Bonchev–Trinajstić information content (AvgIpc) is 2.72. The van der Waals surface area contributed by atoms with Crippen molar-refractivity contribution in [1.29, 1.82) is 0 Å². The van der Waals surface area contributed by atoms with Crippen LogP contribution < -0.4 is 5.32 Å². The van der Waals surface area contributed by atoms with Gasteiger partial charge < -0.3 is 5.32 Å². The predicted molar refractivity (Wildman–Crippen MR) is 88.3 cm³/mol. The average molecular weight is 406 g/mol. The Morgan fingerprint density at radius 1 is 1.53 bits per heavy atom. The predicted octanol–water partition coefficient (Wildman–Crippen LogP) is 4.87. The smallest absolute Gasteiger partial charge is 0.239 e. The standard InChI is InChI=1S/C13H14Br2N2OS/c1-3-4-9(15)12(18)17-13-16-11-7(2)5-8(14)6-10(11)19-13/h5-6,9H,3-4H2,1-2H3,(H,16,17,18)/t9-/m1/s1. The first kappa shape index (κ1) is 14.9. The Kier molecular flexibility index (Phi) is 4.97. The van der Waals surface area contributed by atoms with Gasteiger partial charge in [-0.2, -0.15) is 0 Å². The van der Waals surface area contributed by atoms with Crippen LogP contribution in [0.15, 0.2) is 16.6 Å². The van der Waals surface area contributed by atoms with E-state index in [1.807, 2.05) is 19.1 Å². The lowest BCUT2D eigenvalue weighted by Gasteiger charge is -2.06. The van der Waals surface area contributed by atoms with Gasteiger partial charge in [-0.1, -0.05) is 56.5 Å². The highest BCUT2D eigenvalue weighted by atomic mass is 79.9. The molecule has 0 aliphatic heterocycles. The van der Waals surface area contributed by atoms with E-state index in [9.17, 15) is 4.79 Å². The van der Waals surface area contributed by atoms with E-state index in [1.54, 1.807) is 0 Å². The zero-order valence-electron chi connectivity index (χ0n) is 10.7. The van der Waals surface area contributed by atoms with Crippen molar-refractivity contribution in [2.45, 2.75) is 31.5 Å². The molecule has 0 fully saturated rings. The molecule has 0 spiro atoms. The number of carbonyl (C=O) groups excluding carboxylic acids is 1. The fraction of sp³-hybridized carbons (Fsp3) is 0.385. The van der Waals surface area contributed by atoms with Crippen LogP contribution in [0, 0.1) is 6.92 Å². The van der Waals surface area contributed by atoms with Crippen molar-refractivity contribution in [3.8, 4) is 0 Å². The molecule has 19 heavy (non-hydrogen) atoms. The van der Waals surface area contributed by atoms with E-state index in [0.29, 0.717) is 5.13 Å². The number of thiazole rings is 1. The molecule has 102 valence electrons. The molecule has 0 radical (unpaired) electrons. The van der Waals surface area contributed by atoms with Gasteiger partial charge in [-0.3, -0.25) is 4.79 Å². The zero-order chi connectivity index (χ0) is 14.0. The zero-order valence-corrected chi connectivity index (χ0v) is 14.7. The molecule has 2 rings (SSSR count). The lowest BCUT2D eigenvalue weighted by Crippen LogP contribution is -2.22. The molecular weight excluding hydrogens is 392 g/mol. The first-order valence-corrected chi connectivity index (χ1v) is 8.55. The minimum absolute atomic E-state index is 0.0300. The van der Waals surface area contributed by atoms with Gasteiger partial charge in [-0.05, 0) is 31.0 Å². The van der Waals surface area contributed by atoms with E-state index in [1.165, 1.54) is 11.3 Å². The Labute approximate surface area is 133 Å². The number of alkyl halides is 1. The minimum atomic E-state index is -0.155. The Morgan fingerprint density at radius 3 is 2.95 bits per heavy atom. The highest BCUT2D eigenvalue weighted by Gasteiger charge is 2.16. The summed E-state index contributed by atoms with van der Waals surface area (Å²) in [6.45, 7) is 4.07. The van der Waals surface area contributed by atoms with Crippen LogP contribution in [0.2, 0.25) is 0 Å². The van der Waals surface area contributed by atoms with Gasteiger partial charge in [0, 0.05) is 4.47 Å². The number of fused-ring (bicyclic) bond motifs is 1. The molecule has 0 aliphatic rings. The van der Waals surface area contributed by atoms with Gasteiger partial charge in [0.1, 0.15) is 0 Å². The molecule has 0 unspecified atom stereocenters. The molecule has 1 aromatic heterocycles. The first-order chi connectivity index (χ1) is 9.01. The topological polar surface area (TPSA) is 42.0 Å². The van der Waals surface area contributed by atoms with Crippen LogP contribution in [0.4, 0.5) is 5.13 Å². The Morgan fingerprint density at radius 2 is 2.26 bits per heavy atom. The molecule has 0 saturated carbocycles. The molecule has 0 saturated heterocycles. The fourth-order valence-corrected chi connectivity index (χ4v) is 4.06. The summed E-state index contributed by atoms with van der Waals surface area (Å²) in [5, 5.41) is 3.52. The van der Waals surface area contributed by atoms with E-state index in [-0.39, 0.29) is 10.7 Å². The summed E-state index contributed by atoms with van der Waals surface area (Å²) in [7, 11) is 0. The molecular formula is C13H14Br2N2OS. The number of nitrogens with zero attached hydrogens (tertiary/aromatic N) is 1. The van der Waals surface area contributed by atoms with Crippen molar-refractivity contribution in [3.63, 3.8) is 0 Å². The maximum Gasteiger partial charge on any atom is 0.239 e. The lowest BCUT2D eigenvalue weighted by molar-refractivity contribution is -0.115. The third-order valence-electron chi connectivity index (χ3n) is 2.71. The summed E-state index contributed by atoms with van der Waals surface area (Å²) in [6.07, 6.45) is 1.79. The van der Waals surface area contributed by atoms with E-state index >= 15 is 0 Å². The number of nitrogens with one attached hydrogen (secondary N) is 1. The Hall–Kier alpha value is -0.460. The lowest BCUT2D eigenvalue weighted by atomic mass is 10.2. The summed E-state index contributed by atoms with van der Waals surface area (Å²) in [4.78, 5) is 16.3. The second-order valence-electron chi connectivity index (χ2n) is 4.33. The number of benzene rings is 1. The van der Waals surface area contributed by atoms with Crippen LogP contribution in [-0.2, 0) is 4.79 Å². The van der Waals surface area contributed by atoms with Crippen molar-refractivity contribution in [3.05, 3.63) is 22.2 Å². The van der Waals surface area contributed by atoms with Crippen LogP contribution in [0.5, 0.6) is 0 Å². The summed E-state index contributed by atoms with van der Waals surface area (Å²) < 4.78 is 2.10. The van der Waals surface area contributed by atoms with Gasteiger partial charge in [0.2, 0.25) is 5.91 Å². The van der Waals surface area contributed by atoms with Gasteiger partial charge in [0.15, 0.2) is 5.13 Å². The Balaban J connectivity index is 2.22. The number of hydrogen-bond donors (Lipinski definition) is 1. The first-order valence-electron chi connectivity index (χ1n) is 6.03. The largest absolute Gasteiger partial charge is 0.301 e. The Bertz CT molecular complexity index is 612. The number of anilines is 1. The van der Waals surface area contributed by atoms with Crippen molar-refractivity contribution in [1.82, 2.24) is 4.98 Å². The van der Waals surface area contributed by atoms with Gasteiger partial charge in [0.05, 0.1) is 15.0 Å². The minimum Gasteiger partial charge on any atom is -0.301 e. The maximum atomic E-state index is 11.9. The van der Waals surface area contributed by atoms with E-state index < -0.39 is 0 Å². The van der Waals surface area contributed by atoms with Crippen LogP contribution in [0.25, 0.3) is 10.2 Å². The number of rotatable bonds is 4. The fourth-order valence-electron chi connectivity index (χ4n) is 1.78. The SMILES string of the molecule is CCC[C@@H](Br)C(=O)Nc1nc2c(C)cc(Br)cc2s1. The highest BCUT2D eigenvalue weighted by Crippen LogP contribution is 2.31. The van der Waals surface area contributed by atoms with E-state index in [2.05, 4.69) is 49.1 Å². The van der Waals surface area contributed by atoms with Crippen molar-refractivity contribution in [2.75, 3.05) is 5.32 Å². The van der Waals surface area contributed by atoms with E-state index in [0.717, 1.165) is 33.1 Å². The highest BCUT2D eigenvalue weighted by molar-refractivity contribution is 9.10. The van der Waals surface area contributed by atoms with Crippen LogP contribution in [-0.4, -0.2) is 15.7 Å². The number of aryl methyl sites for hydroxylation is 1. The third kappa shape index (κ3) is 3.55. The number of hydrogen-bond acceptors (Lipinski definition) is 3. The van der Waals surface area contributed by atoms with Crippen LogP contribution in [0.3, 0.4) is 0 Å². The molecule has 3 nitrogen and oxygen atoms in total. The normalized spacial score (nSPS) is 12.6. The summed E-state index contributed by atoms with van der Waals surface area (Å²) in [5.41, 5.74) is 2.05. The quantitative estimate of drug-likeness (QED) is 0.737. The van der Waals surface area contributed by atoms with Crippen molar-refractivity contribution < 1.29 is 4.79 Å². The molecule has 1 aromatic carbocycles. The summed E-state index contributed by atoms with van der Waals surface area (Å²) >= 11 is 8.35. The monoisotopic (exact) mass is 404 g/mol. The van der Waals surface area contributed by atoms with Crippen LogP contribution >= 0.6 is 43.2 Å². The molecule has 0 aliphatic carbocycles. The van der Waals surface area contributed by atoms with Gasteiger partial charge >= 0.3 is 0 Å². The molecule has 1 heterocycles. The molecule has 1 atom stereocenters. The molecule has 2 aromatic rings. The third-order valence-corrected chi connectivity index (χ3v) is 4.96. The summed E-state index contributed by atoms with van der Waals surface area (Å²) in [5.74, 6) is -0.0300. The number of aromatic nitrogens is 1. The number of amides is 1. The maximum absolute atomic E-state index is 11.9. The molecule has 1 N–H and O–H groups in total. The van der Waals surface area contributed by atoms with Gasteiger partial charge in [-0.25, -0.2) is 4.98 Å². The van der Waals surface area contributed by atoms with Crippen LogP contribution in [0.1, 0.15) is 25.3 Å². The molecule has 6 heteroatoms.